The van der Waals surface area contributed by atoms with Crippen molar-refractivity contribution in [1.82, 2.24) is 4.98 Å². The second-order valence-corrected chi connectivity index (χ2v) is 5.16. The highest BCUT2D eigenvalue weighted by molar-refractivity contribution is 5.51. The standard InChI is InChI=1S/C13H19N3O3/c1-4-13(3)9-15(5-6-19-13)12-10(2)7-11(8-14-12)16(17)18/h7-8H,4-6,9H2,1-3H3. The van der Waals surface area contributed by atoms with Crippen LogP contribution in [0, 0.1) is 17.0 Å². The molecule has 0 aromatic carbocycles. The Morgan fingerprint density at radius 3 is 2.95 bits per heavy atom. The van der Waals surface area contributed by atoms with E-state index < -0.39 is 4.92 Å². The summed E-state index contributed by atoms with van der Waals surface area (Å²) >= 11 is 0. The Kier molecular flexibility index (Phi) is 3.71. The van der Waals surface area contributed by atoms with E-state index in [1.165, 1.54) is 6.20 Å². The Labute approximate surface area is 112 Å². The van der Waals surface area contributed by atoms with Crippen LogP contribution in [0.3, 0.4) is 0 Å². The van der Waals surface area contributed by atoms with Crippen LogP contribution in [0.5, 0.6) is 0 Å². The molecule has 1 aromatic heterocycles. The molecule has 1 aliphatic rings. The van der Waals surface area contributed by atoms with Gasteiger partial charge in [0.25, 0.3) is 5.69 Å². The van der Waals surface area contributed by atoms with Crippen molar-refractivity contribution in [3.63, 3.8) is 0 Å². The lowest BCUT2D eigenvalue weighted by Gasteiger charge is -2.41. The van der Waals surface area contributed by atoms with Crippen molar-refractivity contribution in [2.24, 2.45) is 0 Å². The zero-order valence-corrected chi connectivity index (χ0v) is 11.5. The molecule has 0 radical (unpaired) electrons. The zero-order valence-electron chi connectivity index (χ0n) is 11.5. The maximum absolute atomic E-state index is 10.7. The molecule has 6 nitrogen and oxygen atoms in total. The molecule has 0 spiro atoms. The van der Waals surface area contributed by atoms with Gasteiger partial charge in [0.2, 0.25) is 0 Å². The minimum absolute atomic E-state index is 0.0350. The molecular weight excluding hydrogens is 246 g/mol. The quantitative estimate of drug-likeness (QED) is 0.619. The Morgan fingerprint density at radius 1 is 1.63 bits per heavy atom. The monoisotopic (exact) mass is 265 g/mol. The van der Waals surface area contributed by atoms with Gasteiger partial charge in [-0.3, -0.25) is 10.1 Å². The number of hydrogen-bond donors (Lipinski definition) is 0. The Balaban J connectivity index is 2.24. The number of aryl methyl sites for hydroxylation is 1. The highest BCUT2D eigenvalue weighted by Gasteiger charge is 2.31. The summed E-state index contributed by atoms with van der Waals surface area (Å²) in [6.45, 7) is 8.21. The molecule has 1 fully saturated rings. The number of hydrogen-bond acceptors (Lipinski definition) is 5. The van der Waals surface area contributed by atoms with Crippen molar-refractivity contribution in [3.8, 4) is 0 Å². The van der Waals surface area contributed by atoms with Gasteiger partial charge >= 0.3 is 0 Å². The number of nitrogens with zero attached hydrogens (tertiary/aromatic N) is 3. The second-order valence-electron chi connectivity index (χ2n) is 5.16. The summed E-state index contributed by atoms with van der Waals surface area (Å²) in [5.41, 5.74) is 0.691. The molecule has 1 aliphatic heterocycles. The van der Waals surface area contributed by atoms with Crippen LogP contribution in [0.2, 0.25) is 0 Å². The van der Waals surface area contributed by atoms with Crippen LogP contribution in [0.4, 0.5) is 11.5 Å². The predicted octanol–water partition coefficient (Wildman–Crippen LogP) is 2.30. The molecule has 19 heavy (non-hydrogen) atoms. The van der Waals surface area contributed by atoms with Gasteiger partial charge in [-0.25, -0.2) is 4.98 Å². The van der Waals surface area contributed by atoms with Gasteiger partial charge in [-0.2, -0.15) is 0 Å². The van der Waals surface area contributed by atoms with Gasteiger partial charge in [-0.1, -0.05) is 6.92 Å². The minimum Gasteiger partial charge on any atom is -0.372 e. The zero-order chi connectivity index (χ0) is 14.0. The van der Waals surface area contributed by atoms with Crippen LogP contribution in [0.25, 0.3) is 0 Å². The van der Waals surface area contributed by atoms with Crippen LogP contribution < -0.4 is 4.90 Å². The number of nitro groups is 1. The van der Waals surface area contributed by atoms with Gasteiger partial charge in [0.05, 0.1) is 17.1 Å². The lowest BCUT2D eigenvalue weighted by atomic mass is 10.0. The molecule has 0 bridgehead atoms. The molecule has 0 amide bonds. The fourth-order valence-corrected chi connectivity index (χ4v) is 2.31. The number of aromatic nitrogens is 1. The number of rotatable bonds is 3. The Bertz CT molecular complexity index is 492. The molecule has 6 heteroatoms. The van der Waals surface area contributed by atoms with Crippen LogP contribution in [-0.4, -0.2) is 35.2 Å². The van der Waals surface area contributed by atoms with Crippen molar-refractivity contribution in [2.45, 2.75) is 32.8 Å². The summed E-state index contributed by atoms with van der Waals surface area (Å²) in [6.07, 6.45) is 2.25. The molecular formula is C13H19N3O3. The topological polar surface area (TPSA) is 68.5 Å². The fraction of sp³-hybridized carbons (Fsp3) is 0.615. The SMILES string of the molecule is CCC1(C)CN(c2ncc([N+](=O)[O-])cc2C)CCO1. The molecule has 1 atom stereocenters. The van der Waals surface area contributed by atoms with Gasteiger partial charge < -0.3 is 9.64 Å². The summed E-state index contributed by atoms with van der Waals surface area (Å²) < 4.78 is 5.79. The number of anilines is 1. The summed E-state index contributed by atoms with van der Waals surface area (Å²) in [7, 11) is 0. The molecule has 1 aromatic rings. The summed E-state index contributed by atoms with van der Waals surface area (Å²) in [5.74, 6) is 0.813. The minimum atomic E-state index is -0.417. The average molecular weight is 265 g/mol. The Morgan fingerprint density at radius 2 is 2.37 bits per heavy atom. The molecule has 0 N–H and O–H groups in total. The van der Waals surface area contributed by atoms with E-state index in [2.05, 4.69) is 23.7 Å². The Hall–Kier alpha value is -1.69. The van der Waals surface area contributed by atoms with E-state index >= 15 is 0 Å². The predicted molar refractivity (Wildman–Crippen MR) is 72.5 cm³/mol. The molecule has 0 aliphatic carbocycles. The van der Waals surface area contributed by atoms with Crippen LogP contribution in [0.1, 0.15) is 25.8 Å². The highest BCUT2D eigenvalue weighted by atomic mass is 16.6. The maximum Gasteiger partial charge on any atom is 0.287 e. The lowest BCUT2D eigenvalue weighted by molar-refractivity contribution is -0.385. The van der Waals surface area contributed by atoms with Crippen LogP contribution >= 0.6 is 0 Å². The normalized spacial score (nSPS) is 23.4. The van der Waals surface area contributed by atoms with E-state index in [-0.39, 0.29) is 11.3 Å². The van der Waals surface area contributed by atoms with Crippen molar-refractivity contribution < 1.29 is 9.66 Å². The molecule has 2 rings (SSSR count). The van der Waals surface area contributed by atoms with Gasteiger partial charge in [-0.15, -0.1) is 0 Å². The third kappa shape index (κ3) is 2.84. The third-order valence-electron chi connectivity index (χ3n) is 3.63. The fourth-order valence-electron chi connectivity index (χ4n) is 2.31. The summed E-state index contributed by atoms with van der Waals surface area (Å²) in [4.78, 5) is 16.7. The van der Waals surface area contributed by atoms with E-state index in [1.54, 1.807) is 6.07 Å². The van der Waals surface area contributed by atoms with Crippen LogP contribution in [0.15, 0.2) is 12.3 Å². The van der Waals surface area contributed by atoms with Gasteiger partial charge in [-0.05, 0) is 25.8 Å². The van der Waals surface area contributed by atoms with E-state index in [9.17, 15) is 10.1 Å². The first kappa shape index (κ1) is 13.7. The van der Waals surface area contributed by atoms with Crippen molar-refractivity contribution >= 4 is 11.5 Å². The van der Waals surface area contributed by atoms with E-state index in [0.717, 1.165) is 30.9 Å². The molecule has 1 unspecified atom stereocenters. The number of pyridine rings is 1. The molecule has 1 saturated heterocycles. The van der Waals surface area contributed by atoms with Crippen molar-refractivity contribution in [1.29, 1.82) is 0 Å². The van der Waals surface area contributed by atoms with Gasteiger partial charge in [0.15, 0.2) is 0 Å². The van der Waals surface area contributed by atoms with E-state index in [4.69, 9.17) is 4.74 Å². The lowest BCUT2D eigenvalue weighted by Crippen LogP contribution is -2.50. The number of morpholine rings is 1. The molecule has 0 saturated carbocycles. The maximum atomic E-state index is 10.7. The third-order valence-corrected chi connectivity index (χ3v) is 3.63. The first-order valence-electron chi connectivity index (χ1n) is 6.45. The largest absolute Gasteiger partial charge is 0.372 e. The van der Waals surface area contributed by atoms with Crippen molar-refractivity contribution in [3.05, 3.63) is 27.9 Å². The molecule has 2 heterocycles. The second kappa shape index (κ2) is 5.13. The van der Waals surface area contributed by atoms with E-state index in [0.29, 0.717) is 6.61 Å². The van der Waals surface area contributed by atoms with Crippen molar-refractivity contribution in [2.75, 3.05) is 24.6 Å². The average Bonchev–Trinajstić information content (AvgIpc) is 2.38. The van der Waals surface area contributed by atoms with E-state index in [1.807, 2.05) is 6.92 Å². The first-order chi connectivity index (χ1) is 8.95. The molecule has 104 valence electrons. The summed E-state index contributed by atoms with van der Waals surface area (Å²) in [5, 5.41) is 10.7. The van der Waals surface area contributed by atoms with Gasteiger partial charge in [0, 0.05) is 19.2 Å². The number of ether oxygens (including phenoxy) is 1. The smallest absolute Gasteiger partial charge is 0.287 e. The summed E-state index contributed by atoms with van der Waals surface area (Å²) in [6, 6.07) is 1.57. The van der Waals surface area contributed by atoms with Crippen LogP contribution in [-0.2, 0) is 4.74 Å². The highest BCUT2D eigenvalue weighted by Crippen LogP contribution is 2.27. The first-order valence-corrected chi connectivity index (χ1v) is 6.45. The van der Waals surface area contributed by atoms with Gasteiger partial charge in [0.1, 0.15) is 12.0 Å².